The second-order valence-electron chi connectivity index (χ2n) is 5.56. The summed E-state index contributed by atoms with van der Waals surface area (Å²) >= 11 is 7.61. The van der Waals surface area contributed by atoms with Gasteiger partial charge in [-0.2, -0.15) is 0 Å². The molecule has 1 aromatic carbocycles. The number of benzene rings is 1. The van der Waals surface area contributed by atoms with E-state index in [1.54, 1.807) is 12.1 Å². The van der Waals surface area contributed by atoms with Crippen molar-refractivity contribution in [1.29, 1.82) is 0 Å². The van der Waals surface area contributed by atoms with Gasteiger partial charge in [-0.15, -0.1) is 11.3 Å². The largest absolute Gasteiger partial charge is 0.486 e. The second-order valence-corrected chi connectivity index (χ2v) is 6.82. The standard InChI is InChI=1S/C16H17ClN2O3S/c1-9(2)12-8-23-16(18-12)19-14(20)7-10-5-11(17)15-13(6-10)21-3-4-22-15/h5-6,8-9H,3-4,7H2,1-2H3,(H,18,19,20). The van der Waals surface area contributed by atoms with E-state index >= 15 is 0 Å². The van der Waals surface area contributed by atoms with Gasteiger partial charge in [0.15, 0.2) is 16.6 Å². The summed E-state index contributed by atoms with van der Waals surface area (Å²) in [5, 5.41) is 5.85. The molecule has 3 rings (SSSR count). The topological polar surface area (TPSA) is 60.5 Å². The number of anilines is 1. The molecule has 2 heterocycles. The van der Waals surface area contributed by atoms with E-state index in [0.717, 1.165) is 11.3 Å². The highest BCUT2D eigenvalue weighted by atomic mass is 35.5. The lowest BCUT2D eigenvalue weighted by molar-refractivity contribution is -0.115. The van der Waals surface area contributed by atoms with Crippen LogP contribution in [0.1, 0.15) is 31.0 Å². The first kappa shape index (κ1) is 16.1. The minimum atomic E-state index is -0.137. The Bertz CT molecular complexity index is 730. The number of hydrogen-bond donors (Lipinski definition) is 1. The Labute approximate surface area is 143 Å². The Morgan fingerprint density at radius 1 is 1.39 bits per heavy atom. The fourth-order valence-corrected chi connectivity index (χ4v) is 3.40. The predicted molar refractivity (Wildman–Crippen MR) is 91.0 cm³/mol. The quantitative estimate of drug-likeness (QED) is 0.907. The van der Waals surface area contributed by atoms with E-state index < -0.39 is 0 Å². The molecule has 122 valence electrons. The summed E-state index contributed by atoms with van der Waals surface area (Å²) in [5.41, 5.74) is 1.75. The molecule has 0 saturated carbocycles. The summed E-state index contributed by atoms with van der Waals surface area (Å²) in [6, 6.07) is 3.53. The molecule has 0 atom stereocenters. The number of fused-ring (bicyclic) bond motifs is 1. The number of amides is 1. The third kappa shape index (κ3) is 3.76. The zero-order valence-corrected chi connectivity index (χ0v) is 14.5. The molecule has 0 bridgehead atoms. The van der Waals surface area contributed by atoms with Crippen molar-refractivity contribution in [3.8, 4) is 11.5 Å². The Morgan fingerprint density at radius 3 is 2.91 bits per heavy atom. The van der Waals surface area contributed by atoms with E-state index in [4.69, 9.17) is 21.1 Å². The van der Waals surface area contributed by atoms with Gasteiger partial charge in [0, 0.05) is 5.38 Å². The zero-order chi connectivity index (χ0) is 16.4. The highest BCUT2D eigenvalue weighted by Crippen LogP contribution is 2.38. The van der Waals surface area contributed by atoms with Crippen LogP contribution in [0.3, 0.4) is 0 Å². The molecule has 0 spiro atoms. The van der Waals surface area contributed by atoms with Crippen molar-refractivity contribution in [3.63, 3.8) is 0 Å². The van der Waals surface area contributed by atoms with Gasteiger partial charge >= 0.3 is 0 Å². The number of carbonyl (C=O) groups is 1. The number of thiazole rings is 1. The summed E-state index contributed by atoms with van der Waals surface area (Å²) in [7, 11) is 0. The molecule has 0 aliphatic carbocycles. The Balaban J connectivity index is 1.69. The first-order valence-corrected chi connectivity index (χ1v) is 8.62. The number of nitrogens with one attached hydrogen (secondary N) is 1. The molecule has 0 unspecified atom stereocenters. The van der Waals surface area contributed by atoms with Crippen LogP contribution >= 0.6 is 22.9 Å². The average Bonchev–Trinajstić information content (AvgIpc) is 2.96. The van der Waals surface area contributed by atoms with E-state index in [9.17, 15) is 4.79 Å². The van der Waals surface area contributed by atoms with Gasteiger partial charge in [0.05, 0.1) is 17.1 Å². The monoisotopic (exact) mass is 352 g/mol. The first-order chi connectivity index (χ1) is 11.0. The van der Waals surface area contributed by atoms with Crippen LogP contribution in [0.2, 0.25) is 5.02 Å². The Hall–Kier alpha value is -1.79. The molecule has 0 fully saturated rings. The SMILES string of the molecule is CC(C)c1csc(NC(=O)Cc2cc(Cl)c3c(c2)OCCO3)n1. The van der Waals surface area contributed by atoms with Gasteiger partial charge in [0.25, 0.3) is 0 Å². The summed E-state index contributed by atoms with van der Waals surface area (Å²) in [4.78, 5) is 16.6. The van der Waals surface area contributed by atoms with Gasteiger partial charge < -0.3 is 14.8 Å². The summed E-state index contributed by atoms with van der Waals surface area (Å²) in [6.45, 7) is 5.10. The zero-order valence-electron chi connectivity index (χ0n) is 12.9. The summed E-state index contributed by atoms with van der Waals surface area (Å²) in [5.74, 6) is 1.34. The second kappa shape index (κ2) is 6.76. The lowest BCUT2D eigenvalue weighted by Gasteiger charge is -2.20. The number of nitrogens with zero attached hydrogens (tertiary/aromatic N) is 1. The molecule has 1 N–H and O–H groups in total. The van der Waals surface area contributed by atoms with Crippen LogP contribution in [-0.2, 0) is 11.2 Å². The van der Waals surface area contributed by atoms with Crippen LogP contribution in [0.4, 0.5) is 5.13 Å². The fourth-order valence-electron chi connectivity index (χ4n) is 2.22. The number of hydrogen-bond acceptors (Lipinski definition) is 5. The molecule has 5 nitrogen and oxygen atoms in total. The minimum Gasteiger partial charge on any atom is -0.486 e. The molecule has 1 aliphatic rings. The van der Waals surface area contributed by atoms with E-state index in [1.807, 2.05) is 5.38 Å². The van der Waals surface area contributed by atoms with Gasteiger partial charge in [-0.3, -0.25) is 4.79 Å². The molecule has 7 heteroatoms. The van der Waals surface area contributed by atoms with Crippen molar-refractivity contribution >= 4 is 34.0 Å². The normalized spacial score (nSPS) is 13.2. The highest BCUT2D eigenvalue weighted by Gasteiger charge is 2.18. The van der Waals surface area contributed by atoms with Crippen molar-refractivity contribution in [2.45, 2.75) is 26.2 Å². The van der Waals surface area contributed by atoms with Gasteiger partial charge in [-0.05, 0) is 23.6 Å². The molecule has 23 heavy (non-hydrogen) atoms. The van der Waals surface area contributed by atoms with E-state index in [0.29, 0.717) is 40.8 Å². The van der Waals surface area contributed by atoms with Crippen LogP contribution in [0.5, 0.6) is 11.5 Å². The maximum absolute atomic E-state index is 12.2. The number of carbonyl (C=O) groups excluding carboxylic acids is 1. The molecular formula is C16H17ClN2O3S. The lowest BCUT2D eigenvalue weighted by atomic mass is 10.1. The molecular weight excluding hydrogens is 336 g/mol. The Kier molecular flexibility index (Phi) is 4.73. The fraction of sp³-hybridized carbons (Fsp3) is 0.375. The number of rotatable bonds is 4. The van der Waals surface area contributed by atoms with E-state index in [1.165, 1.54) is 11.3 Å². The van der Waals surface area contributed by atoms with Gasteiger partial charge in [-0.1, -0.05) is 25.4 Å². The Morgan fingerprint density at radius 2 is 2.17 bits per heavy atom. The van der Waals surface area contributed by atoms with E-state index in [-0.39, 0.29) is 12.3 Å². The van der Waals surface area contributed by atoms with Crippen LogP contribution in [0.15, 0.2) is 17.5 Å². The number of halogens is 1. The third-order valence-corrected chi connectivity index (χ3v) is 4.44. The molecule has 1 amide bonds. The van der Waals surface area contributed by atoms with Crippen molar-refractivity contribution in [2.24, 2.45) is 0 Å². The number of ether oxygens (including phenoxy) is 2. The molecule has 1 aliphatic heterocycles. The van der Waals surface area contributed by atoms with Crippen molar-refractivity contribution < 1.29 is 14.3 Å². The van der Waals surface area contributed by atoms with Gasteiger partial charge in [0.2, 0.25) is 5.91 Å². The lowest BCUT2D eigenvalue weighted by Crippen LogP contribution is -2.17. The maximum atomic E-state index is 12.2. The van der Waals surface area contributed by atoms with Crippen LogP contribution in [0.25, 0.3) is 0 Å². The van der Waals surface area contributed by atoms with Crippen LogP contribution in [-0.4, -0.2) is 24.1 Å². The smallest absolute Gasteiger partial charge is 0.230 e. The minimum absolute atomic E-state index is 0.137. The van der Waals surface area contributed by atoms with Crippen LogP contribution in [0, 0.1) is 0 Å². The van der Waals surface area contributed by atoms with Crippen molar-refractivity contribution in [2.75, 3.05) is 18.5 Å². The summed E-state index contributed by atoms with van der Waals surface area (Å²) in [6.07, 6.45) is 0.201. The molecule has 1 aromatic heterocycles. The molecule has 0 saturated heterocycles. The molecule has 2 aromatic rings. The molecule has 0 radical (unpaired) electrons. The maximum Gasteiger partial charge on any atom is 0.230 e. The van der Waals surface area contributed by atoms with Crippen molar-refractivity contribution in [3.05, 3.63) is 33.8 Å². The predicted octanol–water partition coefficient (Wildman–Crippen LogP) is 3.87. The summed E-state index contributed by atoms with van der Waals surface area (Å²) < 4.78 is 11.0. The van der Waals surface area contributed by atoms with Gasteiger partial charge in [-0.25, -0.2) is 4.98 Å². The van der Waals surface area contributed by atoms with Crippen molar-refractivity contribution in [1.82, 2.24) is 4.98 Å². The first-order valence-electron chi connectivity index (χ1n) is 7.36. The third-order valence-electron chi connectivity index (χ3n) is 3.38. The van der Waals surface area contributed by atoms with Gasteiger partial charge in [0.1, 0.15) is 13.2 Å². The number of aromatic nitrogens is 1. The average molecular weight is 353 g/mol. The highest BCUT2D eigenvalue weighted by molar-refractivity contribution is 7.13. The van der Waals surface area contributed by atoms with Crippen LogP contribution < -0.4 is 14.8 Å². The van der Waals surface area contributed by atoms with E-state index in [2.05, 4.69) is 24.1 Å².